The Morgan fingerprint density at radius 3 is 2.80 bits per heavy atom. The van der Waals surface area contributed by atoms with Crippen molar-refractivity contribution < 1.29 is 23.9 Å². The first kappa shape index (κ1) is 21.7. The van der Waals surface area contributed by atoms with Gasteiger partial charge < -0.3 is 14.8 Å². The van der Waals surface area contributed by atoms with Crippen molar-refractivity contribution in [2.24, 2.45) is 5.92 Å². The Balaban J connectivity index is 1.63. The van der Waals surface area contributed by atoms with Gasteiger partial charge in [-0.05, 0) is 50.2 Å². The molecule has 7 heteroatoms. The second kappa shape index (κ2) is 10.2. The third-order valence-corrected chi connectivity index (χ3v) is 5.23. The van der Waals surface area contributed by atoms with E-state index in [1.807, 2.05) is 24.3 Å². The second-order valence-corrected chi connectivity index (χ2v) is 7.61. The third-order valence-electron chi connectivity index (χ3n) is 5.23. The van der Waals surface area contributed by atoms with Crippen LogP contribution in [-0.4, -0.2) is 42.6 Å². The Hall–Kier alpha value is -2.96. The summed E-state index contributed by atoms with van der Waals surface area (Å²) in [7, 11) is 0. The number of nitrogens with zero attached hydrogens (tertiary/aromatic N) is 1. The molecule has 160 valence electrons. The van der Waals surface area contributed by atoms with Gasteiger partial charge in [0.15, 0.2) is 6.61 Å². The predicted octanol–water partition coefficient (Wildman–Crippen LogP) is 2.98. The molecule has 1 amide bonds. The van der Waals surface area contributed by atoms with Gasteiger partial charge in [0.2, 0.25) is 0 Å². The number of nitrogens with one attached hydrogen (secondary N) is 1. The number of aryl methyl sites for hydroxylation is 1. The van der Waals surface area contributed by atoms with Gasteiger partial charge >= 0.3 is 11.9 Å². The van der Waals surface area contributed by atoms with E-state index in [1.54, 1.807) is 6.92 Å². The standard InChI is InChI=1S/C23H28N2O5/c1-3-29-21(27)9-6-12-24-20(26)14-30-23(28)22-16-7-4-5-8-18(16)25-19-11-10-15(2)13-17(19)22/h4-5,7-8,15H,3,6,9-14H2,1-2H3,(H,24,26)/t15-/m1/s1. The van der Waals surface area contributed by atoms with Crippen LogP contribution in [0.1, 0.15) is 54.7 Å². The summed E-state index contributed by atoms with van der Waals surface area (Å²) in [6.45, 7) is 4.21. The molecule has 0 bridgehead atoms. The van der Waals surface area contributed by atoms with E-state index >= 15 is 0 Å². The molecule has 1 aliphatic rings. The van der Waals surface area contributed by atoms with Crippen LogP contribution in [0.15, 0.2) is 24.3 Å². The molecule has 0 radical (unpaired) electrons. The molecular weight excluding hydrogens is 384 g/mol. The number of pyridine rings is 1. The molecule has 1 atom stereocenters. The molecule has 7 nitrogen and oxygen atoms in total. The highest BCUT2D eigenvalue weighted by Crippen LogP contribution is 2.31. The molecule has 30 heavy (non-hydrogen) atoms. The molecule has 0 saturated carbocycles. The molecule has 2 aromatic rings. The molecule has 0 saturated heterocycles. The largest absolute Gasteiger partial charge is 0.466 e. The summed E-state index contributed by atoms with van der Waals surface area (Å²) in [5, 5.41) is 3.41. The zero-order chi connectivity index (χ0) is 21.5. The molecule has 0 aliphatic heterocycles. The first-order valence-electron chi connectivity index (χ1n) is 10.5. The summed E-state index contributed by atoms with van der Waals surface area (Å²) in [4.78, 5) is 41.0. The number of carbonyl (C=O) groups is 3. The molecule has 0 spiro atoms. The van der Waals surface area contributed by atoms with Crippen LogP contribution < -0.4 is 5.32 Å². The van der Waals surface area contributed by atoms with Crippen molar-refractivity contribution in [2.45, 2.75) is 46.0 Å². The van der Waals surface area contributed by atoms with Gasteiger partial charge in [0, 0.05) is 24.0 Å². The first-order chi connectivity index (χ1) is 14.5. The van der Waals surface area contributed by atoms with E-state index in [1.165, 1.54) is 0 Å². The summed E-state index contributed by atoms with van der Waals surface area (Å²) in [5.74, 6) is -0.718. The highest BCUT2D eigenvalue weighted by molar-refractivity contribution is 6.05. The van der Waals surface area contributed by atoms with Crippen molar-refractivity contribution in [1.82, 2.24) is 10.3 Å². The number of benzene rings is 1. The molecule has 3 rings (SSSR count). The zero-order valence-corrected chi connectivity index (χ0v) is 17.5. The lowest BCUT2D eigenvalue weighted by Crippen LogP contribution is -2.30. The van der Waals surface area contributed by atoms with E-state index < -0.39 is 11.9 Å². The number of amides is 1. The van der Waals surface area contributed by atoms with Crippen LogP contribution in [0.4, 0.5) is 0 Å². The number of hydrogen-bond donors (Lipinski definition) is 1. The Morgan fingerprint density at radius 2 is 2.00 bits per heavy atom. The van der Waals surface area contributed by atoms with Gasteiger partial charge in [0.1, 0.15) is 0 Å². The molecule has 1 aromatic heterocycles. The van der Waals surface area contributed by atoms with Gasteiger partial charge in [-0.1, -0.05) is 25.1 Å². The van der Waals surface area contributed by atoms with Crippen molar-refractivity contribution in [1.29, 1.82) is 0 Å². The molecule has 1 aliphatic carbocycles. The van der Waals surface area contributed by atoms with Crippen LogP contribution >= 0.6 is 0 Å². The van der Waals surface area contributed by atoms with Crippen molar-refractivity contribution >= 4 is 28.7 Å². The molecule has 1 N–H and O–H groups in total. The summed E-state index contributed by atoms with van der Waals surface area (Å²) in [6.07, 6.45) is 3.36. The minimum absolute atomic E-state index is 0.237. The van der Waals surface area contributed by atoms with Gasteiger partial charge in [-0.2, -0.15) is 0 Å². The number of carbonyl (C=O) groups excluding carboxylic acids is 3. The van der Waals surface area contributed by atoms with E-state index in [0.29, 0.717) is 31.1 Å². The molecule has 0 unspecified atom stereocenters. The highest BCUT2D eigenvalue weighted by Gasteiger charge is 2.26. The summed E-state index contributed by atoms with van der Waals surface area (Å²) >= 11 is 0. The SMILES string of the molecule is CCOC(=O)CCCNC(=O)COC(=O)c1c2c(nc3ccccc13)CC[C@@H](C)C2. The monoisotopic (exact) mass is 412 g/mol. The maximum absolute atomic E-state index is 12.9. The number of esters is 2. The minimum atomic E-state index is -0.499. The third kappa shape index (κ3) is 5.34. The van der Waals surface area contributed by atoms with Gasteiger partial charge in [-0.15, -0.1) is 0 Å². The maximum Gasteiger partial charge on any atom is 0.339 e. The Morgan fingerprint density at radius 1 is 1.20 bits per heavy atom. The summed E-state index contributed by atoms with van der Waals surface area (Å²) in [5.41, 5.74) is 3.17. The smallest absolute Gasteiger partial charge is 0.339 e. The fourth-order valence-electron chi connectivity index (χ4n) is 3.74. The van der Waals surface area contributed by atoms with Crippen LogP contribution in [0.5, 0.6) is 0 Å². The van der Waals surface area contributed by atoms with E-state index in [-0.39, 0.29) is 19.0 Å². The van der Waals surface area contributed by atoms with Crippen molar-refractivity contribution in [3.63, 3.8) is 0 Å². The highest BCUT2D eigenvalue weighted by atomic mass is 16.5. The maximum atomic E-state index is 12.9. The van der Waals surface area contributed by atoms with Crippen molar-refractivity contribution in [2.75, 3.05) is 19.8 Å². The average molecular weight is 412 g/mol. The fraction of sp³-hybridized carbons (Fsp3) is 0.478. The number of aromatic nitrogens is 1. The number of rotatable bonds is 8. The number of para-hydroxylation sites is 1. The van der Waals surface area contributed by atoms with Crippen molar-refractivity contribution in [3.05, 3.63) is 41.1 Å². The Labute approximate surface area is 176 Å². The molecule has 1 aromatic carbocycles. The topological polar surface area (TPSA) is 94.6 Å². The molecule has 0 fully saturated rings. The van der Waals surface area contributed by atoms with E-state index in [0.717, 1.165) is 41.4 Å². The van der Waals surface area contributed by atoms with Gasteiger partial charge in [0.25, 0.3) is 5.91 Å². The predicted molar refractivity (Wildman–Crippen MR) is 112 cm³/mol. The van der Waals surface area contributed by atoms with E-state index in [4.69, 9.17) is 14.5 Å². The van der Waals surface area contributed by atoms with Gasteiger partial charge in [-0.25, -0.2) is 4.79 Å². The Kier molecular flexibility index (Phi) is 7.38. The second-order valence-electron chi connectivity index (χ2n) is 7.61. The summed E-state index contributed by atoms with van der Waals surface area (Å²) in [6, 6.07) is 7.52. The lowest BCUT2D eigenvalue weighted by molar-refractivity contribution is -0.143. The number of fused-ring (bicyclic) bond motifs is 2. The zero-order valence-electron chi connectivity index (χ0n) is 17.5. The van der Waals surface area contributed by atoms with Crippen LogP contribution in [0.3, 0.4) is 0 Å². The lowest BCUT2D eigenvalue weighted by atomic mass is 9.84. The van der Waals surface area contributed by atoms with Crippen LogP contribution in [0.2, 0.25) is 0 Å². The quantitative estimate of drug-likeness (QED) is 0.529. The normalized spacial score (nSPS) is 15.3. The van der Waals surface area contributed by atoms with Crippen LogP contribution in [0.25, 0.3) is 10.9 Å². The van der Waals surface area contributed by atoms with E-state index in [2.05, 4.69) is 12.2 Å². The average Bonchev–Trinajstić information content (AvgIpc) is 2.73. The fourth-order valence-corrected chi connectivity index (χ4v) is 3.74. The van der Waals surface area contributed by atoms with Crippen LogP contribution in [0, 0.1) is 5.92 Å². The molecular formula is C23H28N2O5. The van der Waals surface area contributed by atoms with Gasteiger partial charge in [-0.3, -0.25) is 14.6 Å². The Bertz CT molecular complexity index is 941. The molecule has 1 heterocycles. The number of ether oxygens (including phenoxy) is 2. The number of hydrogen-bond acceptors (Lipinski definition) is 6. The first-order valence-corrected chi connectivity index (χ1v) is 10.5. The van der Waals surface area contributed by atoms with E-state index in [9.17, 15) is 14.4 Å². The lowest BCUT2D eigenvalue weighted by Gasteiger charge is -2.24. The van der Waals surface area contributed by atoms with Crippen molar-refractivity contribution in [3.8, 4) is 0 Å². The van der Waals surface area contributed by atoms with Crippen LogP contribution in [-0.2, 0) is 31.9 Å². The van der Waals surface area contributed by atoms with Gasteiger partial charge in [0.05, 0.1) is 17.7 Å². The summed E-state index contributed by atoms with van der Waals surface area (Å²) < 4.78 is 10.2. The minimum Gasteiger partial charge on any atom is -0.466 e.